The van der Waals surface area contributed by atoms with Crippen molar-refractivity contribution in [2.45, 2.75) is 71.1 Å². The Kier molecular flexibility index (Phi) is 11.9. The van der Waals surface area contributed by atoms with Crippen molar-refractivity contribution in [1.82, 2.24) is 19.9 Å². The number of aromatic nitrogens is 1. The normalized spacial score (nSPS) is 18.1. The van der Waals surface area contributed by atoms with Gasteiger partial charge in [-0.2, -0.15) is 0 Å². The molecule has 2 aliphatic rings. The van der Waals surface area contributed by atoms with Crippen molar-refractivity contribution < 1.29 is 27.5 Å². The van der Waals surface area contributed by atoms with Crippen molar-refractivity contribution >= 4 is 35.3 Å². The Labute approximate surface area is 295 Å². The summed E-state index contributed by atoms with van der Waals surface area (Å²) in [7, 11) is 0. The number of hydrogen-bond acceptors (Lipinski definition) is 7. The summed E-state index contributed by atoms with van der Waals surface area (Å²) in [5, 5.41) is 5.07. The smallest absolute Gasteiger partial charge is 0.326 e. The van der Waals surface area contributed by atoms with E-state index in [0.717, 1.165) is 29.5 Å². The average molecular weight is 709 g/mol. The first-order valence-corrected chi connectivity index (χ1v) is 17.8. The van der Waals surface area contributed by atoms with Gasteiger partial charge in [-0.15, -0.1) is 0 Å². The number of nitrogens with zero attached hydrogens (tertiary/aromatic N) is 3. The molecule has 13 heteroatoms. The van der Waals surface area contributed by atoms with Crippen molar-refractivity contribution in [2.75, 3.05) is 29.6 Å². The molecule has 1 saturated heterocycles. The number of halogens is 3. The minimum Gasteiger partial charge on any atom is -0.439 e. The number of allylic oxidation sites excluding steroid dienone is 1. The topological polar surface area (TPSA) is 98.8 Å². The number of benzene rings is 2. The summed E-state index contributed by atoms with van der Waals surface area (Å²) in [6.07, 6.45) is 9.99. The Bertz CT molecular complexity index is 1780. The van der Waals surface area contributed by atoms with Crippen LogP contribution in [0.1, 0.15) is 61.6 Å². The lowest BCUT2D eigenvalue weighted by Gasteiger charge is -2.38. The Hall–Kier alpha value is -4.33. The summed E-state index contributed by atoms with van der Waals surface area (Å²) in [4.78, 5) is 34.6. The van der Waals surface area contributed by atoms with Crippen LogP contribution < -0.4 is 25.0 Å². The SMILES string of the molecule is CSNC1(C)C=CC(Oc2ccc(CN3CCC(N(C(=O)Nc4cc(C(=O)NC(C)C)c(F)cc4F)c4cccc(F)c4)CC3)c(C)n2)=CC1. The number of likely N-dealkylation sites (tertiary alicyclic amines) is 1. The minimum absolute atomic E-state index is 0.123. The number of nitrogens with one attached hydrogen (secondary N) is 3. The van der Waals surface area contributed by atoms with Crippen molar-refractivity contribution in [3.63, 3.8) is 0 Å². The first-order valence-electron chi connectivity index (χ1n) is 16.6. The molecule has 1 atom stereocenters. The van der Waals surface area contributed by atoms with Crippen LogP contribution >= 0.6 is 11.9 Å². The number of pyridine rings is 1. The van der Waals surface area contributed by atoms with E-state index in [2.05, 4.69) is 38.2 Å². The molecule has 3 amide bonds. The zero-order valence-corrected chi connectivity index (χ0v) is 29.7. The van der Waals surface area contributed by atoms with E-state index in [9.17, 15) is 22.8 Å². The Balaban J connectivity index is 1.25. The van der Waals surface area contributed by atoms with E-state index in [1.165, 1.54) is 23.1 Å². The summed E-state index contributed by atoms with van der Waals surface area (Å²) in [6.45, 7) is 9.40. The molecule has 50 heavy (non-hydrogen) atoms. The van der Waals surface area contributed by atoms with Crippen molar-refractivity contribution in [3.05, 3.63) is 107 Å². The van der Waals surface area contributed by atoms with Gasteiger partial charge in [0.1, 0.15) is 23.2 Å². The maximum atomic E-state index is 14.9. The fourth-order valence-corrected chi connectivity index (χ4v) is 6.66. The number of urea groups is 1. The molecule has 3 N–H and O–H groups in total. The molecule has 0 saturated carbocycles. The molecular weight excluding hydrogens is 666 g/mol. The minimum atomic E-state index is -1.05. The molecular formula is C37H43F3N6O3S. The lowest BCUT2D eigenvalue weighted by Crippen LogP contribution is -2.49. The zero-order chi connectivity index (χ0) is 36.0. The van der Waals surface area contributed by atoms with Gasteiger partial charge >= 0.3 is 6.03 Å². The van der Waals surface area contributed by atoms with E-state index in [0.29, 0.717) is 50.1 Å². The number of ether oxygens (including phenoxy) is 1. The van der Waals surface area contributed by atoms with E-state index in [1.54, 1.807) is 31.9 Å². The van der Waals surface area contributed by atoms with Gasteiger partial charge in [0.05, 0.1) is 11.3 Å². The maximum absolute atomic E-state index is 14.9. The van der Waals surface area contributed by atoms with Gasteiger partial charge in [0.2, 0.25) is 5.88 Å². The lowest BCUT2D eigenvalue weighted by atomic mass is 9.94. The fourth-order valence-electron chi connectivity index (χ4n) is 6.04. The van der Waals surface area contributed by atoms with Gasteiger partial charge in [0.25, 0.3) is 5.91 Å². The summed E-state index contributed by atoms with van der Waals surface area (Å²) in [5.41, 5.74) is 1.31. The Morgan fingerprint density at radius 1 is 1.10 bits per heavy atom. The number of amides is 3. The maximum Gasteiger partial charge on any atom is 0.326 e. The summed E-state index contributed by atoms with van der Waals surface area (Å²) in [6, 6.07) is 9.68. The van der Waals surface area contributed by atoms with E-state index in [1.807, 2.05) is 37.5 Å². The number of carbonyl (C=O) groups excluding carboxylic acids is 2. The molecule has 266 valence electrons. The van der Waals surface area contributed by atoms with Crippen LogP contribution in [0.5, 0.6) is 5.88 Å². The first kappa shape index (κ1) is 36.9. The molecule has 1 aromatic heterocycles. The molecule has 9 nitrogen and oxygen atoms in total. The Morgan fingerprint density at radius 2 is 1.86 bits per heavy atom. The van der Waals surface area contributed by atoms with Crippen LogP contribution in [0.4, 0.5) is 29.3 Å². The predicted octanol–water partition coefficient (Wildman–Crippen LogP) is 7.50. The van der Waals surface area contributed by atoms with Crippen LogP contribution in [0.15, 0.2) is 72.5 Å². The third-order valence-corrected chi connectivity index (χ3v) is 9.32. The molecule has 0 spiro atoms. The van der Waals surface area contributed by atoms with E-state index < -0.39 is 35.0 Å². The summed E-state index contributed by atoms with van der Waals surface area (Å²) in [5.74, 6) is -2.09. The molecule has 0 radical (unpaired) electrons. The van der Waals surface area contributed by atoms with Crippen molar-refractivity contribution in [2.24, 2.45) is 0 Å². The quantitative estimate of drug-likeness (QED) is 0.178. The molecule has 2 heterocycles. The van der Waals surface area contributed by atoms with Gasteiger partial charge in [-0.1, -0.05) is 30.2 Å². The number of carbonyl (C=O) groups is 2. The standard InChI is InChI=1S/C37H43F3N6O3S/c1-23(2)41-35(47)30-20-33(32(40)21-31(30)39)43-36(48)46(28-8-6-7-26(38)19-28)27-13-17-45(18-14-27)22-25-9-10-34(42-24(25)3)49-29-11-15-37(4,16-12-29)44-50-5/h6-12,15,19-21,23,27,44H,13-14,16-18,22H2,1-5H3,(H,41,47)(H,43,48). The zero-order valence-electron chi connectivity index (χ0n) is 28.9. The summed E-state index contributed by atoms with van der Waals surface area (Å²) < 4.78 is 53.2. The second-order valence-electron chi connectivity index (χ2n) is 13.1. The monoisotopic (exact) mass is 708 g/mol. The highest BCUT2D eigenvalue weighted by Crippen LogP contribution is 2.29. The largest absolute Gasteiger partial charge is 0.439 e. The second-order valence-corrected chi connectivity index (χ2v) is 13.7. The summed E-state index contributed by atoms with van der Waals surface area (Å²) >= 11 is 1.58. The van der Waals surface area contributed by atoms with Crippen LogP contribution in [0, 0.1) is 24.4 Å². The van der Waals surface area contributed by atoms with Gasteiger partial charge in [-0.05, 0) is 95.2 Å². The third-order valence-electron chi connectivity index (χ3n) is 8.65. The van der Waals surface area contributed by atoms with Gasteiger partial charge in [-0.3, -0.25) is 19.3 Å². The fraction of sp³-hybridized carbons (Fsp3) is 0.378. The first-order chi connectivity index (χ1) is 23.8. The van der Waals surface area contributed by atoms with Crippen molar-refractivity contribution in [1.29, 1.82) is 0 Å². The van der Waals surface area contributed by atoms with E-state index in [4.69, 9.17) is 4.74 Å². The third kappa shape index (κ3) is 9.26. The molecule has 3 aromatic rings. The van der Waals surface area contributed by atoms with Gasteiger partial charge in [-0.25, -0.2) is 22.9 Å². The number of anilines is 2. The molecule has 5 rings (SSSR count). The van der Waals surface area contributed by atoms with Gasteiger partial charge < -0.3 is 15.4 Å². The molecule has 2 aromatic carbocycles. The molecule has 1 fully saturated rings. The number of rotatable bonds is 11. The van der Waals surface area contributed by atoms with Gasteiger partial charge in [0, 0.05) is 60.8 Å². The highest BCUT2D eigenvalue weighted by molar-refractivity contribution is 7.96. The molecule has 1 aliphatic carbocycles. The van der Waals surface area contributed by atoms with Gasteiger partial charge in [0.15, 0.2) is 0 Å². The molecule has 1 unspecified atom stereocenters. The van der Waals surface area contributed by atoms with E-state index >= 15 is 0 Å². The van der Waals surface area contributed by atoms with Crippen LogP contribution in [0.25, 0.3) is 0 Å². The van der Waals surface area contributed by atoms with Crippen LogP contribution in [0.3, 0.4) is 0 Å². The average Bonchev–Trinajstić information content (AvgIpc) is 3.05. The molecule has 1 aliphatic heterocycles. The highest BCUT2D eigenvalue weighted by Gasteiger charge is 2.31. The van der Waals surface area contributed by atoms with E-state index in [-0.39, 0.29) is 23.3 Å². The van der Waals surface area contributed by atoms with Crippen molar-refractivity contribution in [3.8, 4) is 5.88 Å². The van der Waals surface area contributed by atoms with Crippen LogP contribution in [-0.4, -0.2) is 58.8 Å². The highest BCUT2D eigenvalue weighted by atomic mass is 32.2. The number of hydrogen-bond donors (Lipinski definition) is 3. The number of piperidine rings is 1. The predicted molar refractivity (Wildman–Crippen MR) is 192 cm³/mol. The lowest BCUT2D eigenvalue weighted by molar-refractivity contribution is 0.0939. The second kappa shape index (κ2) is 16.1. The van der Waals surface area contributed by atoms with Crippen LogP contribution in [-0.2, 0) is 6.54 Å². The van der Waals surface area contributed by atoms with Crippen LogP contribution in [0.2, 0.25) is 0 Å². The molecule has 0 bridgehead atoms. The Morgan fingerprint density at radius 3 is 2.50 bits per heavy atom. The number of aryl methyl sites for hydroxylation is 1.